The first-order chi connectivity index (χ1) is 8.83. The highest BCUT2D eigenvalue weighted by Crippen LogP contribution is 2.37. The number of fused-ring (bicyclic) bond motifs is 1. The maximum absolute atomic E-state index is 12.6. The standard InChI is InChI=1S/C15H20N2O/c18-15-11(9-16-12-4-5-12)8-10-2-1-3-14(10)17(15)13-6-7-13/h8,12-13,16H,1-7,9H2. The number of rotatable bonds is 4. The molecule has 0 aromatic carbocycles. The minimum Gasteiger partial charge on any atom is -0.310 e. The zero-order chi connectivity index (χ0) is 12.1. The van der Waals surface area contributed by atoms with Crippen LogP contribution in [0.5, 0.6) is 0 Å². The van der Waals surface area contributed by atoms with Crippen molar-refractivity contribution in [1.82, 2.24) is 9.88 Å². The van der Waals surface area contributed by atoms with E-state index in [0.29, 0.717) is 12.1 Å². The molecule has 0 amide bonds. The number of nitrogens with zero attached hydrogens (tertiary/aromatic N) is 1. The fourth-order valence-corrected chi connectivity index (χ4v) is 3.12. The highest BCUT2D eigenvalue weighted by molar-refractivity contribution is 5.31. The Hall–Kier alpha value is -1.09. The van der Waals surface area contributed by atoms with E-state index in [4.69, 9.17) is 0 Å². The molecule has 3 aliphatic rings. The Morgan fingerprint density at radius 1 is 1.22 bits per heavy atom. The molecule has 3 aliphatic carbocycles. The van der Waals surface area contributed by atoms with E-state index in [1.165, 1.54) is 49.8 Å². The van der Waals surface area contributed by atoms with E-state index in [0.717, 1.165) is 18.5 Å². The number of aryl methyl sites for hydroxylation is 1. The molecule has 1 N–H and O–H groups in total. The Morgan fingerprint density at radius 3 is 2.78 bits per heavy atom. The first-order valence-electron chi connectivity index (χ1n) is 7.32. The summed E-state index contributed by atoms with van der Waals surface area (Å²) in [6, 6.07) is 3.37. The van der Waals surface area contributed by atoms with Crippen LogP contribution in [0.4, 0.5) is 0 Å². The highest BCUT2D eigenvalue weighted by Gasteiger charge is 2.30. The summed E-state index contributed by atoms with van der Waals surface area (Å²) in [5.41, 5.74) is 4.06. The Kier molecular flexibility index (Phi) is 2.37. The van der Waals surface area contributed by atoms with Gasteiger partial charge in [-0.2, -0.15) is 0 Å². The van der Waals surface area contributed by atoms with Gasteiger partial charge in [-0.15, -0.1) is 0 Å². The predicted octanol–water partition coefficient (Wildman–Crippen LogP) is 1.92. The van der Waals surface area contributed by atoms with Crippen molar-refractivity contribution >= 4 is 0 Å². The molecule has 4 rings (SSSR count). The van der Waals surface area contributed by atoms with Gasteiger partial charge in [-0.3, -0.25) is 4.79 Å². The van der Waals surface area contributed by atoms with Crippen molar-refractivity contribution in [3.05, 3.63) is 33.2 Å². The van der Waals surface area contributed by atoms with Crippen molar-refractivity contribution in [1.29, 1.82) is 0 Å². The number of nitrogens with one attached hydrogen (secondary N) is 1. The monoisotopic (exact) mass is 244 g/mol. The molecule has 96 valence electrons. The lowest BCUT2D eigenvalue weighted by molar-refractivity contribution is 0.631. The van der Waals surface area contributed by atoms with Gasteiger partial charge in [0.15, 0.2) is 0 Å². The van der Waals surface area contributed by atoms with Crippen LogP contribution < -0.4 is 10.9 Å². The summed E-state index contributed by atoms with van der Waals surface area (Å²) in [4.78, 5) is 12.6. The average Bonchev–Trinajstić information content (AvgIpc) is 3.26. The normalized spacial score (nSPS) is 22.2. The van der Waals surface area contributed by atoms with E-state index >= 15 is 0 Å². The first-order valence-corrected chi connectivity index (χ1v) is 7.32. The van der Waals surface area contributed by atoms with Gasteiger partial charge in [0.05, 0.1) is 0 Å². The molecule has 0 unspecified atom stereocenters. The molecule has 0 bridgehead atoms. The van der Waals surface area contributed by atoms with E-state index in [1.807, 2.05) is 0 Å². The second-order valence-electron chi connectivity index (χ2n) is 6.06. The predicted molar refractivity (Wildman–Crippen MR) is 70.9 cm³/mol. The largest absolute Gasteiger partial charge is 0.310 e. The number of pyridine rings is 1. The van der Waals surface area contributed by atoms with Crippen molar-refractivity contribution in [2.24, 2.45) is 0 Å². The van der Waals surface area contributed by atoms with Crippen LogP contribution in [-0.4, -0.2) is 10.6 Å². The maximum Gasteiger partial charge on any atom is 0.255 e. The third kappa shape index (κ3) is 1.81. The van der Waals surface area contributed by atoms with Gasteiger partial charge in [-0.05, 0) is 56.6 Å². The Balaban J connectivity index is 1.73. The minimum absolute atomic E-state index is 0.284. The van der Waals surface area contributed by atoms with Crippen molar-refractivity contribution in [3.8, 4) is 0 Å². The molecule has 1 aromatic rings. The van der Waals surface area contributed by atoms with Gasteiger partial charge in [-0.25, -0.2) is 0 Å². The molecule has 0 saturated heterocycles. The minimum atomic E-state index is 0.284. The lowest BCUT2D eigenvalue weighted by Crippen LogP contribution is -2.29. The van der Waals surface area contributed by atoms with Gasteiger partial charge in [-0.1, -0.05) is 0 Å². The lowest BCUT2D eigenvalue weighted by atomic mass is 10.1. The van der Waals surface area contributed by atoms with Crippen molar-refractivity contribution in [2.45, 2.75) is 63.6 Å². The van der Waals surface area contributed by atoms with Gasteiger partial charge in [0.25, 0.3) is 5.56 Å². The van der Waals surface area contributed by atoms with Crippen molar-refractivity contribution in [3.63, 3.8) is 0 Å². The summed E-state index contributed by atoms with van der Waals surface area (Å²) in [6.07, 6.45) is 8.46. The summed E-state index contributed by atoms with van der Waals surface area (Å²) in [6.45, 7) is 0.767. The molecule has 3 nitrogen and oxygen atoms in total. The Morgan fingerprint density at radius 2 is 2.06 bits per heavy atom. The molecule has 2 fully saturated rings. The van der Waals surface area contributed by atoms with Crippen molar-refractivity contribution in [2.75, 3.05) is 0 Å². The van der Waals surface area contributed by atoms with E-state index in [2.05, 4.69) is 16.0 Å². The fourth-order valence-electron chi connectivity index (χ4n) is 3.12. The highest BCUT2D eigenvalue weighted by atomic mass is 16.1. The van der Waals surface area contributed by atoms with Crippen LogP contribution in [0.25, 0.3) is 0 Å². The second-order valence-corrected chi connectivity index (χ2v) is 6.06. The zero-order valence-corrected chi connectivity index (χ0v) is 10.7. The topological polar surface area (TPSA) is 34.0 Å². The molecular formula is C15H20N2O. The van der Waals surface area contributed by atoms with Gasteiger partial charge < -0.3 is 9.88 Å². The Labute approximate surface area is 107 Å². The maximum atomic E-state index is 12.6. The van der Waals surface area contributed by atoms with E-state index in [9.17, 15) is 4.79 Å². The lowest BCUT2D eigenvalue weighted by Gasteiger charge is -2.14. The SMILES string of the molecule is O=c1c(CNC2CC2)cc2c(n1C1CC1)CCC2. The van der Waals surface area contributed by atoms with Gasteiger partial charge >= 0.3 is 0 Å². The van der Waals surface area contributed by atoms with E-state index < -0.39 is 0 Å². The average molecular weight is 244 g/mol. The molecule has 3 heteroatoms. The third-order valence-corrected chi connectivity index (χ3v) is 4.43. The van der Waals surface area contributed by atoms with Crippen LogP contribution in [-0.2, 0) is 19.4 Å². The molecule has 0 radical (unpaired) electrons. The number of aromatic nitrogens is 1. The van der Waals surface area contributed by atoms with Gasteiger partial charge in [0.1, 0.15) is 0 Å². The van der Waals surface area contributed by atoms with E-state index in [-0.39, 0.29) is 5.56 Å². The molecule has 2 saturated carbocycles. The molecular weight excluding hydrogens is 224 g/mol. The Bertz CT molecular complexity index is 538. The summed E-state index contributed by atoms with van der Waals surface area (Å²) >= 11 is 0. The van der Waals surface area contributed by atoms with E-state index in [1.54, 1.807) is 0 Å². The smallest absolute Gasteiger partial charge is 0.255 e. The molecule has 18 heavy (non-hydrogen) atoms. The quantitative estimate of drug-likeness (QED) is 0.878. The molecule has 0 aliphatic heterocycles. The van der Waals surface area contributed by atoms with Crippen LogP contribution in [0.3, 0.4) is 0 Å². The van der Waals surface area contributed by atoms with Gasteiger partial charge in [0, 0.05) is 29.9 Å². The number of hydrogen-bond donors (Lipinski definition) is 1. The van der Waals surface area contributed by atoms with Crippen LogP contribution in [0.15, 0.2) is 10.9 Å². The summed E-state index contributed by atoms with van der Waals surface area (Å²) in [5.74, 6) is 0. The van der Waals surface area contributed by atoms with Crippen molar-refractivity contribution < 1.29 is 0 Å². The van der Waals surface area contributed by atoms with Crippen LogP contribution in [0.2, 0.25) is 0 Å². The van der Waals surface area contributed by atoms with Gasteiger partial charge in [0.2, 0.25) is 0 Å². The summed E-state index contributed by atoms with van der Waals surface area (Å²) in [5, 5.41) is 3.48. The zero-order valence-electron chi connectivity index (χ0n) is 10.7. The van der Waals surface area contributed by atoms with Crippen LogP contribution in [0, 0.1) is 0 Å². The first kappa shape index (κ1) is 10.8. The summed E-state index contributed by atoms with van der Waals surface area (Å²) < 4.78 is 2.13. The van der Waals surface area contributed by atoms with Crippen LogP contribution in [0.1, 0.15) is 55.0 Å². The molecule has 1 aromatic heterocycles. The third-order valence-electron chi connectivity index (χ3n) is 4.43. The molecule has 0 atom stereocenters. The molecule has 0 spiro atoms. The molecule has 1 heterocycles. The second kappa shape index (κ2) is 3.95. The summed E-state index contributed by atoms with van der Waals surface area (Å²) in [7, 11) is 0. The fraction of sp³-hybridized carbons (Fsp3) is 0.667. The van der Waals surface area contributed by atoms with Crippen LogP contribution >= 0.6 is 0 Å². The number of hydrogen-bond acceptors (Lipinski definition) is 2.